The predicted molar refractivity (Wildman–Crippen MR) is 94.7 cm³/mol. The van der Waals surface area contributed by atoms with Crippen LogP contribution >= 0.6 is 0 Å². The molecule has 0 aliphatic carbocycles. The maximum absolute atomic E-state index is 5.84. The van der Waals surface area contributed by atoms with Crippen LogP contribution in [0.1, 0.15) is 90.9 Å². The van der Waals surface area contributed by atoms with Gasteiger partial charge in [0, 0.05) is 12.6 Å². The zero-order chi connectivity index (χ0) is 15.3. The van der Waals surface area contributed by atoms with Gasteiger partial charge in [-0.15, -0.1) is 0 Å². The Kier molecular flexibility index (Phi) is 11.3. The van der Waals surface area contributed by atoms with Crippen LogP contribution in [-0.2, 0) is 0 Å². The minimum Gasteiger partial charge on any atom is -0.330 e. The summed E-state index contributed by atoms with van der Waals surface area (Å²) in [6, 6.07) is 0.784. The fraction of sp³-hybridized carbons (Fsp3) is 1.00. The Morgan fingerprint density at radius 1 is 0.857 bits per heavy atom. The van der Waals surface area contributed by atoms with E-state index in [2.05, 4.69) is 18.7 Å². The summed E-state index contributed by atoms with van der Waals surface area (Å²) in [5.41, 5.74) is 5.84. The van der Waals surface area contributed by atoms with E-state index in [0.717, 1.165) is 18.5 Å². The molecule has 1 rings (SSSR count). The van der Waals surface area contributed by atoms with Crippen LogP contribution in [0, 0.1) is 5.92 Å². The largest absolute Gasteiger partial charge is 0.330 e. The van der Waals surface area contributed by atoms with Gasteiger partial charge in [0.15, 0.2) is 0 Å². The first-order valence-corrected chi connectivity index (χ1v) is 9.72. The molecular formula is C19H40N2. The number of nitrogens with two attached hydrogens (primary N) is 1. The van der Waals surface area contributed by atoms with E-state index in [1.807, 2.05) is 0 Å². The van der Waals surface area contributed by atoms with Gasteiger partial charge in [0.2, 0.25) is 0 Å². The lowest BCUT2D eigenvalue weighted by atomic mass is 9.93. The Morgan fingerprint density at radius 3 is 2.00 bits per heavy atom. The van der Waals surface area contributed by atoms with Gasteiger partial charge in [0.1, 0.15) is 0 Å². The van der Waals surface area contributed by atoms with Gasteiger partial charge in [-0.25, -0.2) is 0 Å². The highest BCUT2D eigenvalue weighted by molar-refractivity contribution is 4.79. The molecule has 2 unspecified atom stereocenters. The van der Waals surface area contributed by atoms with Crippen molar-refractivity contribution in [3.8, 4) is 0 Å². The topological polar surface area (TPSA) is 29.3 Å². The van der Waals surface area contributed by atoms with Crippen LogP contribution in [0.15, 0.2) is 0 Å². The van der Waals surface area contributed by atoms with Gasteiger partial charge in [-0.3, -0.25) is 0 Å². The molecule has 0 bridgehead atoms. The van der Waals surface area contributed by atoms with E-state index in [9.17, 15) is 0 Å². The highest BCUT2D eigenvalue weighted by Crippen LogP contribution is 2.21. The highest BCUT2D eigenvalue weighted by Gasteiger charge is 2.23. The van der Waals surface area contributed by atoms with E-state index < -0.39 is 0 Å². The lowest BCUT2D eigenvalue weighted by Gasteiger charge is -2.37. The second-order valence-electron chi connectivity index (χ2n) is 7.21. The molecule has 1 fully saturated rings. The first kappa shape index (κ1) is 19.0. The third-order valence-electron chi connectivity index (χ3n) is 5.24. The van der Waals surface area contributed by atoms with Crippen molar-refractivity contribution in [2.75, 3.05) is 19.6 Å². The van der Waals surface area contributed by atoms with Crippen molar-refractivity contribution >= 4 is 0 Å². The molecule has 1 heterocycles. The van der Waals surface area contributed by atoms with Gasteiger partial charge in [0.25, 0.3) is 0 Å². The van der Waals surface area contributed by atoms with Gasteiger partial charge in [-0.1, -0.05) is 64.7 Å². The molecule has 0 amide bonds. The van der Waals surface area contributed by atoms with Crippen molar-refractivity contribution in [1.82, 2.24) is 4.90 Å². The minimum absolute atomic E-state index is 0.754. The SMILES string of the molecule is CCCCCCCCCCCCN1CC(CN)CCC1C. The van der Waals surface area contributed by atoms with Crippen LogP contribution in [0.5, 0.6) is 0 Å². The quantitative estimate of drug-likeness (QED) is 0.515. The maximum Gasteiger partial charge on any atom is 0.00671 e. The van der Waals surface area contributed by atoms with Crippen LogP contribution < -0.4 is 5.73 Å². The third kappa shape index (κ3) is 8.83. The summed E-state index contributed by atoms with van der Waals surface area (Å²) in [4.78, 5) is 2.69. The van der Waals surface area contributed by atoms with E-state index in [-0.39, 0.29) is 0 Å². The average molecular weight is 297 g/mol. The molecule has 0 spiro atoms. The lowest BCUT2D eigenvalue weighted by molar-refractivity contribution is 0.118. The molecular weight excluding hydrogens is 256 g/mol. The predicted octanol–water partition coefficient (Wildman–Crippen LogP) is 4.97. The number of piperidine rings is 1. The van der Waals surface area contributed by atoms with Crippen molar-refractivity contribution in [3.63, 3.8) is 0 Å². The van der Waals surface area contributed by atoms with Gasteiger partial charge in [0.05, 0.1) is 0 Å². The lowest BCUT2D eigenvalue weighted by Crippen LogP contribution is -2.44. The Hall–Kier alpha value is -0.0800. The van der Waals surface area contributed by atoms with E-state index >= 15 is 0 Å². The summed E-state index contributed by atoms with van der Waals surface area (Å²) in [5, 5.41) is 0. The zero-order valence-corrected chi connectivity index (χ0v) is 14.8. The maximum atomic E-state index is 5.84. The summed E-state index contributed by atoms with van der Waals surface area (Å²) in [6.45, 7) is 8.10. The molecule has 2 N–H and O–H groups in total. The van der Waals surface area contributed by atoms with E-state index in [4.69, 9.17) is 5.73 Å². The fourth-order valence-electron chi connectivity index (χ4n) is 3.57. The first-order chi connectivity index (χ1) is 10.3. The molecule has 0 saturated carbocycles. The molecule has 0 radical (unpaired) electrons. The van der Waals surface area contributed by atoms with E-state index in [1.165, 1.54) is 90.1 Å². The Balaban J connectivity index is 1.91. The smallest absolute Gasteiger partial charge is 0.00671 e. The Labute approximate surface area is 133 Å². The normalized spacial score (nSPS) is 23.6. The van der Waals surface area contributed by atoms with Gasteiger partial charge >= 0.3 is 0 Å². The van der Waals surface area contributed by atoms with Gasteiger partial charge in [-0.05, 0) is 45.2 Å². The number of hydrogen-bond donors (Lipinski definition) is 1. The van der Waals surface area contributed by atoms with Crippen LogP contribution in [0.4, 0.5) is 0 Å². The number of unbranched alkanes of at least 4 members (excludes halogenated alkanes) is 9. The molecule has 2 nitrogen and oxygen atoms in total. The summed E-state index contributed by atoms with van der Waals surface area (Å²) in [6.07, 6.45) is 17.0. The second-order valence-corrected chi connectivity index (χ2v) is 7.21. The summed E-state index contributed by atoms with van der Waals surface area (Å²) in [5.74, 6) is 0.754. The van der Waals surface area contributed by atoms with Crippen LogP contribution in [0.25, 0.3) is 0 Å². The van der Waals surface area contributed by atoms with E-state index in [1.54, 1.807) is 0 Å². The molecule has 2 atom stereocenters. The fourth-order valence-corrected chi connectivity index (χ4v) is 3.57. The molecule has 1 aliphatic heterocycles. The van der Waals surface area contributed by atoms with Gasteiger partial charge < -0.3 is 10.6 Å². The third-order valence-corrected chi connectivity index (χ3v) is 5.24. The van der Waals surface area contributed by atoms with Crippen molar-refractivity contribution < 1.29 is 0 Å². The monoisotopic (exact) mass is 296 g/mol. The first-order valence-electron chi connectivity index (χ1n) is 9.72. The molecule has 2 heteroatoms. The summed E-state index contributed by atoms with van der Waals surface area (Å²) < 4.78 is 0. The molecule has 0 aromatic heterocycles. The van der Waals surface area contributed by atoms with Crippen molar-refractivity contribution in [2.24, 2.45) is 11.7 Å². The highest BCUT2D eigenvalue weighted by atomic mass is 15.2. The molecule has 0 aromatic carbocycles. The van der Waals surface area contributed by atoms with Crippen molar-refractivity contribution in [2.45, 2.75) is 96.9 Å². The minimum atomic E-state index is 0.754. The standard InChI is InChI=1S/C19H40N2/c1-3-4-5-6-7-8-9-10-11-12-15-21-17-19(16-20)14-13-18(21)2/h18-19H,3-17,20H2,1-2H3. The molecule has 0 aromatic rings. The van der Waals surface area contributed by atoms with Crippen molar-refractivity contribution in [1.29, 1.82) is 0 Å². The number of rotatable bonds is 12. The van der Waals surface area contributed by atoms with Crippen molar-refractivity contribution in [3.05, 3.63) is 0 Å². The molecule has 1 saturated heterocycles. The Morgan fingerprint density at radius 2 is 1.43 bits per heavy atom. The number of nitrogens with zero attached hydrogens (tertiary/aromatic N) is 1. The van der Waals surface area contributed by atoms with Crippen LogP contribution in [0.2, 0.25) is 0 Å². The number of likely N-dealkylation sites (tertiary alicyclic amines) is 1. The average Bonchev–Trinajstić information content (AvgIpc) is 2.51. The molecule has 1 aliphatic rings. The van der Waals surface area contributed by atoms with Crippen LogP contribution in [0.3, 0.4) is 0 Å². The number of hydrogen-bond acceptors (Lipinski definition) is 2. The second kappa shape index (κ2) is 12.5. The van der Waals surface area contributed by atoms with Gasteiger partial charge in [-0.2, -0.15) is 0 Å². The van der Waals surface area contributed by atoms with Crippen LogP contribution in [-0.4, -0.2) is 30.6 Å². The molecule has 126 valence electrons. The summed E-state index contributed by atoms with van der Waals surface area (Å²) >= 11 is 0. The Bertz CT molecular complexity index is 230. The summed E-state index contributed by atoms with van der Waals surface area (Å²) in [7, 11) is 0. The van der Waals surface area contributed by atoms with E-state index in [0.29, 0.717) is 0 Å². The zero-order valence-electron chi connectivity index (χ0n) is 14.8. The molecule has 21 heavy (non-hydrogen) atoms.